The van der Waals surface area contributed by atoms with Gasteiger partial charge in [-0.15, -0.1) is 12.4 Å². The summed E-state index contributed by atoms with van der Waals surface area (Å²) in [4.78, 5) is 12.1. The van der Waals surface area contributed by atoms with Crippen LogP contribution in [0.5, 0.6) is 0 Å². The first-order valence-corrected chi connectivity index (χ1v) is 7.09. The predicted octanol–water partition coefficient (Wildman–Crippen LogP) is 2.20. The quantitative estimate of drug-likeness (QED) is 0.828. The summed E-state index contributed by atoms with van der Waals surface area (Å²) in [6.07, 6.45) is 3.67. The van der Waals surface area contributed by atoms with Crippen LogP contribution in [0.4, 0.5) is 0 Å². The highest BCUT2D eigenvalue weighted by Crippen LogP contribution is 2.29. The van der Waals surface area contributed by atoms with Crippen LogP contribution < -0.4 is 10.6 Å². The lowest BCUT2D eigenvalue weighted by molar-refractivity contribution is -0.128. The van der Waals surface area contributed by atoms with E-state index in [4.69, 9.17) is 0 Å². The van der Waals surface area contributed by atoms with Crippen molar-refractivity contribution in [3.05, 3.63) is 0 Å². The molecule has 0 bridgehead atoms. The highest BCUT2D eigenvalue weighted by molar-refractivity contribution is 5.85. The minimum absolute atomic E-state index is 0. The van der Waals surface area contributed by atoms with Crippen molar-refractivity contribution in [1.82, 2.24) is 10.6 Å². The molecule has 3 nitrogen and oxygen atoms in total. The minimum Gasteiger partial charge on any atom is -0.353 e. The second kappa shape index (κ2) is 6.76. The lowest BCUT2D eigenvalue weighted by Gasteiger charge is -2.36. The summed E-state index contributed by atoms with van der Waals surface area (Å²) in [7, 11) is 0. The Morgan fingerprint density at radius 3 is 2.44 bits per heavy atom. The molecule has 106 valence electrons. The lowest BCUT2D eigenvalue weighted by Crippen LogP contribution is -2.52. The van der Waals surface area contributed by atoms with Gasteiger partial charge in [-0.2, -0.15) is 0 Å². The van der Waals surface area contributed by atoms with Gasteiger partial charge in [0, 0.05) is 12.0 Å². The summed E-state index contributed by atoms with van der Waals surface area (Å²) in [5.74, 6) is 2.44. The summed E-state index contributed by atoms with van der Waals surface area (Å²) in [5.41, 5.74) is 0. The first-order valence-electron chi connectivity index (χ1n) is 7.09. The number of rotatable bonds is 3. The zero-order valence-electron chi connectivity index (χ0n) is 11.7. The molecule has 1 saturated carbocycles. The van der Waals surface area contributed by atoms with E-state index in [0.29, 0.717) is 17.9 Å². The van der Waals surface area contributed by atoms with E-state index in [9.17, 15) is 4.79 Å². The Balaban J connectivity index is 0.00000162. The van der Waals surface area contributed by atoms with Crippen LogP contribution in [0.2, 0.25) is 0 Å². The van der Waals surface area contributed by atoms with E-state index in [1.165, 1.54) is 12.8 Å². The molecule has 0 radical (unpaired) electrons. The van der Waals surface area contributed by atoms with Crippen molar-refractivity contribution >= 4 is 18.3 Å². The molecule has 1 aliphatic carbocycles. The summed E-state index contributed by atoms with van der Waals surface area (Å²) in [6, 6.07) is 0.411. The Hall–Kier alpha value is -0.280. The molecule has 2 rings (SSSR count). The van der Waals surface area contributed by atoms with E-state index in [-0.39, 0.29) is 24.2 Å². The van der Waals surface area contributed by atoms with Crippen LogP contribution in [0.25, 0.3) is 0 Å². The Kier molecular flexibility index (Phi) is 5.93. The van der Waals surface area contributed by atoms with Crippen molar-refractivity contribution in [2.45, 2.75) is 46.1 Å². The van der Waals surface area contributed by atoms with Crippen molar-refractivity contribution in [1.29, 1.82) is 0 Å². The summed E-state index contributed by atoms with van der Waals surface area (Å²) in [6.45, 7) is 8.67. The molecule has 1 aliphatic heterocycles. The van der Waals surface area contributed by atoms with Crippen LogP contribution in [0.15, 0.2) is 0 Å². The van der Waals surface area contributed by atoms with E-state index in [2.05, 4.69) is 31.4 Å². The molecule has 4 heteroatoms. The van der Waals surface area contributed by atoms with Crippen molar-refractivity contribution < 1.29 is 4.79 Å². The van der Waals surface area contributed by atoms with Gasteiger partial charge in [0.25, 0.3) is 0 Å². The summed E-state index contributed by atoms with van der Waals surface area (Å²) >= 11 is 0. The molecule has 0 aromatic carbocycles. The van der Waals surface area contributed by atoms with Crippen LogP contribution >= 0.6 is 12.4 Å². The summed E-state index contributed by atoms with van der Waals surface area (Å²) < 4.78 is 0. The first kappa shape index (κ1) is 15.8. The number of hydrogen-bond donors (Lipinski definition) is 2. The van der Waals surface area contributed by atoms with Gasteiger partial charge in [0.1, 0.15) is 0 Å². The fraction of sp³-hybridized carbons (Fsp3) is 0.929. The van der Waals surface area contributed by atoms with Gasteiger partial charge in [-0.05, 0) is 50.1 Å². The molecular formula is C14H27ClN2O. The molecule has 2 fully saturated rings. The van der Waals surface area contributed by atoms with Gasteiger partial charge in [0.05, 0.1) is 0 Å². The average molecular weight is 275 g/mol. The highest BCUT2D eigenvalue weighted by atomic mass is 35.5. The van der Waals surface area contributed by atoms with Crippen LogP contribution in [-0.4, -0.2) is 25.0 Å². The van der Waals surface area contributed by atoms with Gasteiger partial charge in [0.15, 0.2) is 0 Å². The number of nitrogens with one attached hydrogen (secondary N) is 2. The predicted molar refractivity (Wildman–Crippen MR) is 76.9 cm³/mol. The summed E-state index contributed by atoms with van der Waals surface area (Å²) in [5, 5.41) is 6.51. The average Bonchev–Trinajstić information content (AvgIpc) is 2.19. The molecule has 4 unspecified atom stereocenters. The van der Waals surface area contributed by atoms with Crippen molar-refractivity contribution in [2.75, 3.05) is 13.1 Å². The standard InChI is InChI=1S/C14H26N2O.ClH/c1-9-4-5-13(10(2)6-9)16-14(17)11(3)12-7-15-8-12;/h9-13,15H,4-8H2,1-3H3,(H,16,17);1H. The van der Waals surface area contributed by atoms with E-state index < -0.39 is 0 Å². The molecular weight excluding hydrogens is 248 g/mol. The first-order chi connectivity index (χ1) is 8.08. The molecule has 18 heavy (non-hydrogen) atoms. The molecule has 0 spiro atoms. The number of carbonyl (C=O) groups excluding carboxylic acids is 1. The van der Waals surface area contributed by atoms with Gasteiger partial charge in [-0.25, -0.2) is 0 Å². The molecule has 0 aromatic heterocycles. The normalized spacial score (nSPS) is 34.1. The third-order valence-electron chi connectivity index (χ3n) is 4.69. The van der Waals surface area contributed by atoms with Crippen molar-refractivity contribution in [3.8, 4) is 0 Å². The second-order valence-corrected chi connectivity index (χ2v) is 6.22. The van der Waals surface area contributed by atoms with Gasteiger partial charge in [-0.3, -0.25) is 4.79 Å². The molecule has 1 heterocycles. The largest absolute Gasteiger partial charge is 0.353 e. The van der Waals surface area contributed by atoms with E-state index in [0.717, 1.165) is 25.4 Å². The van der Waals surface area contributed by atoms with E-state index in [1.54, 1.807) is 0 Å². The molecule has 2 aliphatic rings. The molecule has 1 amide bonds. The van der Waals surface area contributed by atoms with Gasteiger partial charge >= 0.3 is 0 Å². The maximum Gasteiger partial charge on any atom is 0.223 e. The van der Waals surface area contributed by atoms with Crippen LogP contribution in [0.1, 0.15) is 40.0 Å². The van der Waals surface area contributed by atoms with Crippen molar-refractivity contribution in [3.63, 3.8) is 0 Å². The van der Waals surface area contributed by atoms with Crippen LogP contribution in [0.3, 0.4) is 0 Å². The Morgan fingerprint density at radius 1 is 1.28 bits per heavy atom. The van der Waals surface area contributed by atoms with Crippen LogP contribution in [-0.2, 0) is 4.79 Å². The topological polar surface area (TPSA) is 41.1 Å². The smallest absolute Gasteiger partial charge is 0.223 e. The van der Waals surface area contributed by atoms with E-state index >= 15 is 0 Å². The number of halogens is 1. The maximum absolute atomic E-state index is 12.1. The third kappa shape index (κ3) is 3.61. The monoisotopic (exact) mass is 274 g/mol. The van der Waals surface area contributed by atoms with Crippen molar-refractivity contribution in [2.24, 2.45) is 23.7 Å². The zero-order chi connectivity index (χ0) is 12.4. The van der Waals surface area contributed by atoms with Crippen LogP contribution in [0, 0.1) is 23.7 Å². The van der Waals surface area contributed by atoms with Gasteiger partial charge < -0.3 is 10.6 Å². The second-order valence-electron chi connectivity index (χ2n) is 6.22. The lowest BCUT2D eigenvalue weighted by atomic mass is 9.79. The number of hydrogen-bond acceptors (Lipinski definition) is 2. The Morgan fingerprint density at radius 2 is 1.94 bits per heavy atom. The Bertz CT molecular complexity index is 281. The molecule has 4 atom stereocenters. The van der Waals surface area contributed by atoms with Gasteiger partial charge in [-0.1, -0.05) is 20.8 Å². The minimum atomic E-state index is 0. The fourth-order valence-electron chi connectivity index (χ4n) is 3.07. The molecule has 0 aromatic rings. The maximum atomic E-state index is 12.1. The Labute approximate surface area is 117 Å². The number of amides is 1. The third-order valence-corrected chi connectivity index (χ3v) is 4.69. The SMILES string of the molecule is CC1CCC(NC(=O)C(C)C2CNC2)C(C)C1.Cl. The zero-order valence-corrected chi connectivity index (χ0v) is 12.6. The number of carbonyl (C=O) groups is 1. The van der Waals surface area contributed by atoms with Gasteiger partial charge in [0.2, 0.25) is 5.91 Å². The molecule has 1 saturated heterocycles. The molecule has 2 N–H and O–H groups in total. The fourth-order valence-corrected chi connectivity index (χ4v) is 3.07. The van der Waals surface area contributed by atoms with E-state index in [1.807, 2.05) is 0 Å². The highest BCUT2D eigenvalue weighted by Gasteiger charge is 2.32.